The van der Waals surface area contributed by atoms with Gasteiger partial charge >= 0.3 is 0 Å². The molecule has 0 N–H and O–H groups in total. The number of nitrogens with zero attached hydrogens (tertiary/aromatic N) is 4. The molecule has 3 aromatic heterocycles. The topological polar surface area (TPSA) is 75.9 Å². The molecule has 0 saturated heterocycles. The highest BCUT2D eigenvalue weighted by molar-refractivity contribution is 7.94. The van der Waals surface area contributed by atoms with Gasteiger partial charge in [-0.3, -0.25) is 9.67 Å². The molecule has 0 spiro atoms. The molecule has 3 heterocycles. The normalized spacial score (nSPS) is 12.3. The molecule has 0 bridgehead atoms. The number of aryl methyl sites for hydroxylation is 2. The van der Waals surface area contributed by atoms with Gasteiger partial charge in [0.2, 0.25) is 0 Å². The molecule has 0 aliphatic heterocycles. The van der Waals surface area contributed by atoms with E-state index in [9.17, 15) is 4.55 Å². The molecule has 8 heteroatoms. The van der Waals surface area contributed by atoms with Gasteiger partial charge in [-0.1, -0.05) is 41.9 Å². The van der Waals surface area contributed by atoms with Gasteiger partial charge in [-0.2, -0.15) is 5.10 Å². The zero-order valence-corrected chi connectivity index (χ0v) is 21.3. The number of aromatic nitrogens is 4. The first-order valence-corrected chi connectivity index (χ1v) is 12.9. The van der Waals surface area contributed by atoms with Crippen molar-refractivity contribution in [2.24, 2.45) is 7.05 Å². The van der Waals surface area contributed by atoms with Crippen molar-refractivity contribution in [3.8, 4) is 17.0 Å². The largest absolute Gasteiger partial charge is 0.607 e. The Morgan fingerprint density at radius 3 is 2.69 bits per heavy atom. The van der Waals surface area contributed by atoms with Crippen LogP contribution in [0.4, 0.5) is 0 Å². The molecule has 5 rings (SSSR count). The van der Waals surface area contributed by atoms with Gasteiger partial charge in [0, 0.05) is 64.6 Å². The van der Waals surface area contributed by atoms with Gasteiger partial charge in [0.05, 0.1) is 10.7 Å². The predicted octanol–water partition coefficient (Wildman–Crippen LogP) is 6.35. The van der Waals surface area contributed by atoms with Crippen LogP contribution >= 0.6 is 11.6 Å². The predicted molar refractivity (Wildman–Crippen MR) is 144 cm³/mol. The summed E-state index contributed by atoms with van der Waals surface area (Å²) in [4.78, 5) is 9.70. The second-order valence-electron chi connectivity index (χ2n) is 8.19. The van der Waals surface area contributed by atoms with Crippen molar-refractivity contribution in [3.63, 3.8) is 0 Å². The lowest BCUT2D eigenvalue weighted by Gasteiger charge is -2.14. The van der Waals surface area contributed by atoms with Crippen LogP contribution in [0.3, 0.4) is 0 Å². The number of pyridine rings is 2. The Morgan fingerprint density at radius 1 is 1.08 bits per heavy atom. The molecule has 0 aliphatic carbocycles. The Morgan fingerprint density at radius 2 is 1.92 bits per heavy atom. The van der Waals surface area contributed by atoms with Gasteiger partial charge in [-0.25, -0.2) is 4.98 Å². The summed E-state index contributed by atoms with van der Waals surface area (Å²) in [6.07, 6.45) is 6.82. The van der Waals surface area contributed by atoms with Crippen molar-refractivity contribution in [1.82, 2.24) is 19.7 Å². The van der Waals surface area contributed by atoms with Crippen LogP contribution in [0.2, 0.25) is 5.02 Å². The van der Waals surface area contributed by atoms with E-state index in [2.05, 4.69) is 16.1 Å². The van der Waals surface area contributed by atoms with E-state index in [1.54, 1.807) is 30.1 Å². The summed E-state index contributed by atoms with van der Waals surface area (Å²) < 4.78 is 20.8. The third-order valence-corrected chi connectivity index (χ3v) is 7.23. The van der Waals surface area contributed by atoms with Crippen LogP contribution in [0.5, 0.6) is 5.75 Å². The van der Waals surface area contributed by atoms with E-state index in [0.717, 1.165) is 43.9 Å². The van der Waals surface area contributed by atoms with Crippen LogP contribution < -0.4 is 4.74 Å². The minimum Gasteiger partial charge on any atom is -0.607 e. The summed E-state index contributed by atoms with van der Waals surface area (Å²) in [7, 11) is 1.92. The molecule has 2 aromatic carbocycles. The zero-order chi connectivity index (χ0) is 25.1. The first-order chi connectivity index (χ1) is 17.5. The summed E-state index contributed by atoms with van der Waals surface area (Å²) in [5.74, 6) is 0.648. The highest BCUT2D eigenvalue weighted by Crippen LogP contribution is 2.34. The van der Waals surface area contributed by atoms with Crippen molar-refractivity contribution >= 4 is 39.8 Å². The van der Waals surface area contributed by atoms with Crippen molar-refractivity contribution in [2.75, 3.05) is 0 Å². The summed E-state index contributed by atoms with van der Waals surface area (Å²) in [5.41, 5.74) is 5.18. The summed E-state index contributed by atoms with van der Waals surface area (Å²) in [6, 6.07) is 19.2. The fourth-order valence-corrected chi connectivity index (χ4v) is 5.08. The van der Waals surface area contributed by atoms with Crippen LogP contribution in [0.1, 0.15) is 16.8 Å². The minimum absolute atomic E-state index is 0.203. The number of rotatable bonds is 7. The number of ether oxygens (including phenoxy) is 1. The average Bonchev–Trinajstić information content (AvgIpc) is 3.32. The minimum atomic E-state index is -1.29. The second kappa shape index (κ2) is 10.5. The molecule has 6 nitrogen and oxygen atoms in total. The van der Waals surface area contributed by atoms with Crippen molar-refractivity contribution in [3.05, 3.63) is 107 Å². The fourth-order valence-electron chi connectivity index (χ4n) is 4.01. The Hall–Kier alpha value is -3.65. The first kappa shape index (κ1) is 24.1. The van der Waals surface area contributed by atoms with Crippen molar-refractivity contribution in [2.45, 2.75) is 18.4 Å². The SMILES string of the molecule is Cc1cc(-c2ccnn2C)c2cccc(OCc3c(Cl)cncc3/C=C/[S+]([O-])c3ccccc3)c2n1. The molecule has 0 aliphatic rings. The monoisotopic (exact) mass is 514 g/mol. The number of benzene rings is 2. The second-order valence-corrected chi connectivity index (χ2v) is 9.94. The van der Waals surface area contributed by atoms with Gasteiger partial charge < -0.3 is 9.29 Å². The lowest BCUT2D eigenvalue weighted by Crippen LogP contribution is -2.02. The third kappa shape index (κ3) is 4.99. The van der Waals surface area contributed by atoms with Crippen LogP contribution in [0.25, 0.3) is 28.2 Å². The maximum Gasteiger partial charge on any atom is 0.157 e. The van der Waals surface area contributed by atoms with Gasteiger partial charge in [0.15, 0.2) is 4.90 Å². The van der Waals surface area contributed by atoms with E-state index in [1.165, 1.54) is 0 Å². The summed E-state index contributed by atoms with van der Waals surface area (Å²) in [6.45, 7) is 2.17. The average molecular weight is 515 g/mol. The molecule has 1 atom stereocenters. The van der Waals surface area contributed by atoms with Crippen LogP contribution in [-0.4, -0.2) is 24.3 Å². The van der Waals surface area contributed by atoms with E-state index in [1.807, 2.05) is 73.3 Å². The number of fused-ring (bicyclic) bond motifs is 1. The molecule has 5 aromatic rings. The van der Waals surface area contributed by atoms with Gasteiger partial charge in [0.25, 0.3) is 0 Å². The molecule has 0 radical (unpaired) electrons. The third-order valence-electron chi connectivity index (χ3n) is 5.78. The lowest BCUT2D eigenvalue weighted by molar-refractivity contribution is 0.309. The van der Waals surface area contributed by atoms with Gasteiger partial charge in [-0.15, -0.1) is 0 Å². The number of halogens is 1. The van der Waals surface area contributed by atoms with E-state index < -0.39 is 11.2 Å². The van der Waals surface area contributed by atoms with Crippen LogP contribution in [0, 0.1) is 6.92 Å². The van der Waals surface area contributed by atoms with E-state index in [-0.39, 0.29) is 6.61 Å². The molecular formula is C28H23ClN4O2S. The fraction of sp³-hybridized carbons (Fsp3) is 0.107. The molecule has 180 valence electrons. The molecular weight excluding hydrogens is 492 g/mol. The Labute approximate surface area is 217 Å². The highest BCUT2D eigenvalue weighted by Gasteiger charge is 2.15. The van der Waals surface area contributed by atoms with Crippen molar-refractivity contribution in [1.29, 1.82) is 0 Å². The van der Waals surface area contributed by atoms with E-state index >= 15 is 0 Å². The molecule has 36 heavy (non-hydrogen) atoms. The van der Waals surface area contributed by atoms with Gasteiger partial charge in [-0.05, 0) is 43.3 Å². The maximum absolute atomic E-state index is 12.7. The Kier molecular flexibility index (Phi) is 7.04. The van der Waals surface area contributed by atoms with E-state index in [0.29, 0.717) is 10.8 Å². The molecule has 0 fully saturated rings. The lowest BCUT2D eigenvalue weighted by atomic mass is 10.0. The van der Waals surface area contributed by atoms with Crippen molar-refractivity contribution < 1.29 is 9.29 Å². The summed E-state index contributed by atoms with van der Waals surface area (Å²) in [5, 5.41) is 7.39. The molecule has 0 amide bonds. The Bertz CT molecular complexity index is 1550. The maximum atomic E-state index is 12.7. The quantitative estimate of drug-likeness (QED) is 0.236. The number of hydrogen-bond donors (Lipinski definition) is 0. The van der Waals surface area contributed by atoms with E-state index in [4.69, 9.17) is 21.3 Å². The van der Waals surface area contributed by atoms with Crippen LogP contribution in [-0.2, 0) is 24.8 Å². The standard InChI is InChI=1S/C28H23ClN4O2S/c1-19-15-23(26-11-13-31-33(26)2)22-9-6-10-27(28(22)32-19)35-18-24-20(16-30-17-25(24)29)12-14-36(34)21-7-4-3-5-8-21/h3-17H,18H2,1-2H3/b14-12+. The number of para-hydroxylation sites is 1. The number of hydrogen-bond acceptors (Lipinski definition) is 5. The summed E-state index contributed by atoms with van der Waals surface area (Å²) >= 11 is 5.22. The smallest absolute Gasteiger partial charge is 0.157 e. The highest BCUT2D eigenvalue weighted by atomic mass is 35.5. The van der Waals surface area contributed by atoms with Crippen LogP contribution in [0.15, 0.2) is 89.6 Å². The van der Waals surface area contributed by atoms with Gasteiger partial charge in [0.1, 0.15) is 23.3 Å². The Balaban J connectivity index is 1.46. The zero-order valence-electron chi connectivity index (χ0n) is 19.8. The first-order valence-electron chi connectivity index (χ1n) is 11.3. The molecule has 0 saturated carbocycles. The molecule has 1 unspecified atom stereocenters.